The van der Waals surface area contributed by atoms with E-state index in [0.717, 1.165) is 37.6 Å². The van der Waals surface area contributed by atoms with Gasteiger partial charge in [0, 0.05) is 61.6 Å². The summed E-state index contributed by atoms with van der Waals surface area (Å²) in [7, 11) is -0.467. The van der Waals surface area contributed by atoms with E-state index >= 15 is 0 Å². The number of benzene rings is 2. The second-order valence-electron chi connectivity index (χ2n) is 8.56. The molecule has 2 aliphatic heterocycles. The number of hydrogen-bond acceptors (Lipinski definition) is 8. The van der Waals surface area contributed by atoms with Crippen LogP contribution in [0.25, 0.3) is 0 Å². The Bertz CT molecular complexity index is 1360. The Hall–Kier alpha value is -3.05. The Kier molecular flexibility index (Phi) is 6.22. The van der Waals surface area contributed by atoms with Crippen molar-refractivity contribution in [2.24, 2.45) is 10.7 Å². The minimum Gasteiger partial charge on any atom is -0.497 e. The number of aromatic nitrogens is 1. The molecule has 0 spiro atoms. The molecule has 0 saturated carbocycles. The summed E-state index contributed by atoms with van der Waals surface area (Å²) < 4.78 is 33.9. The van der Waals surface area contributed by atoms with Crippen LogP contribution in [-0.2, 0) is 10.0 Å². The number of nitrogens with two attached hydrogens (primary N) is 1. The van der Waals surface area contributed by atoms with Crippen LogP contribution in [0.5, 0.6) is 5.75 Å². The fourth-order valence-corrected chi connectivity index (χ4v) is 6.23. The van der Waals surface area contributed by atoms with Crippen LogP contribution in [0.4, 0.5) is 17.2 Å². The highest BCUT2D eigenvalue weighted by atomic mass is 35.5. The lowest BCUT2D eigenvalue weighted by Gasteiger charge is -2.35. The standard InChI is InChI=1S/C24H27ClN6O3S/c1-28-11-13-29(14-12-28)18-3-5-19(6-4-18)31-23-17(16-27-24(31)26)9-10-30(23)35(32,33)22-15-20(34-2)7-8-21(22)25/h3-10,15-16,24H,11-14,26H2,1-2H3. The highest BCUT2D eigenvalue weighted by Crippen LogP contribution is 2.37. The molecule has 0 radical (unpaired) electrons. The van der Waals surface area contributed by atoms with E-state index in [1.54, 1.807) is 23.2 Å². The number of methoxy groups -OCH3 is 1. The van der Waals surface area contributed by atoms with E-state index in [1.165, 1.54) is 29.4 Å². The van der Waals surface area contributed by atoms with Crippen molar-refractivity contribution < 1.29 is 13.2 Å². The maximum Gasteiger partial charge on any atom is 0.270 e. The molecule has 3 heterocycles. The highest BCUT2D eigenvalue weighted by molar-refractivity contribution is 7.90. The second-order valence-corrected chi connectivity index (χ2v) is 10.8. The van der Waals surface area contributed by atoms with E-state index in [2.05, 4.69) is 21.8 Å². The molecule has 0 aliphatic carbocycles. The van der Waals surface area contributed by atoms with Gasteiger partial charge in [0.1, 0.15) is 16.5 Å². The third kappa shape index (κ3) is 4.27. The Morgan fingerprint density at radius 3 is 2.40 bits per heavy atom. The summed E-state index contributed by atoms with van der Waals surface area (Å²) in [5.74, 6) is 0.794. The summed E-state index contributed by atoms with van der Waals surface area (Å²) in [6.07, 6.45) is 2.29. The molecule has 1 aromatic heterocycles. The number of anilines is 3. The topological polar surface area (TPSA) is 96.4 Å². The van der Waals surface area contributed by atoms with Crippen LogP contribution < -0.4 is 20.3 Å². The van der Waals surface area contributed by atoms with Crippen LogP contribution in [-0.4, -0.2) is 70.1 Å². The number of fused-ring (bicyclic) bond motifs is 1. The first-order valence-corrected chi connectivity index (χ1v) is 13.0. The number of aliphatic imine (C=N–C) groups is 1. The predicted molar refractivity (Wildman–Crippen MR) is 139 cm³/mol. The fourth-order valence-electron chi connectivity index (χ4n) is 4.39. The molecule has 1 fully saturated rings. The summed E-state index contributed by atoms with van der Waals surface area (Å²) in [6, 6.07) is 14.2. The Labute approximate surface area is 210 Å². The summed E-state index contributed by atoms with van der Waals surface area (Å²) in [6.45, 7) is 3.93. The van der Waals surface area contributed by atoms with Crippen molar-refractivity contribution in [3.8, 4) is 5.75 Å². The molecule has 0 bridgehead atoms. The number of nitrogens with zero attached hydrogens (tertiary/aromatic N) is 5. The monoisotopic (exact) mass is 514 g/mol. The molecule has 1 saturated heterocycles. The third-order valence-corrected chi connectivity index (χ3v) is 8.53. The molecule has 5 rings (SSSR count). The van der Waals surface area contributed by atoms with Crippen molar-refractivity contribution >= 4 is 45.0 Å². The lowest BCUT2D eigenvalue weighted by molar-refractivity contribution is 0.313. The molecule has 2 N–H and O–H groups in total. The van der Waals surface area contributed by atoms with Gasteiger partial charge in [-0.25, -0.2) is 12.4 Å². The number of rotatable bonds is 5. The first kappa shape index (κ1) is 23.7. The molecule has 184 valence electrons. The van der Waals surface area contributed by atoms with Gasteiger partial charge in [0.2, 0.25) is 0 Å². The van der Waals surface area contributed by atoms with Gasteiger partial charge in [-0.1, -0.05) is 11.6 Å². The predicted octanol–water partition coefficient (Wildman–Crippen LogP) is 2.95. The summed E-state index contributed by atoms with van der Waals surface area (Å²) in [5.41, 5.74) is 8.85. The number of halogens is 1. The van der Waals surface area contributed by atoms with E-state index in [1.807, 2.05) is 24.3 Å². The van der Waals surface area contributed by atoms with Crippen molar-refractivity contribution in [3.63, 3.8) is 0 Å². The number of likely N-dealkylation sites (N-methyl/N-ethyl adjacent to an activating group) is 1. The van der Waals surface area contributed by atoms with E-state index in [0.29, 0.717) is 17.1 Å². The molecule has 3 aromatic rings. The van der Waals surface area contributed by atoms with E-state index in [9.17, 15) is 8.42 Å². The summed E-state index contributed by atoms with van der Waals surface area (Å²) >= 11 is 6.30. The molecule has 11 heteroatoms. The van der Waals surface area contributed by atoms with Crippen LogP contribution >= 0.6 is 11.6 Å². The Balaban J connectivity index is 1.54. The summed E-state index contributed by atoms with van der Waals surface area (Å²) in [4.78, 5) is 10.7. The van der Waals surface area contributed by atoms with Gasteiger partial charge in [-0.15, -0.1) is 0 Å². The van der Waals surface area contributed by atoms with E-state index in [4.69, 9.17) is 22.1 Å². The van der Waals surface area contributed by atoms with Gasteiger partial charge in [0.25, 0.3) is 10.0 Å². The summed E-state index contributed by atoms with van der Waals surface area (Å²) in [5, 5.41) is 0.102. The van der Waals surface area contributed by atoms with Gasteiger partial charge in [0.15, 0.2) is 6.29 Å². The molecule has 1 unspecified atom stereocenters. The largest absolute Gasteiger partial charge is 0.497 e. The molecular formula is C24H27ClN6O3S. The molecule has 0 amide bonds. The van der Waals surface area contributed by atoms with Crippen molar-refractivity contribution in [1.82, 2.24) is 8.87 Å². The van der Waals surface area contributed by atoms with Crippen LogP contribution in [0.1, 0.15) is 5.56 Å². The van der Waals surface area contributed by atoms with Crippen molar-refractivity contribution in [2.75, 3.05) is 50.1 Å². The number of piperazine rings is 1. The van der Waals surface area contributed by atoms with Gasteiger partial charge in [-0.05, 0) is 49.5 Å². The zero-order valence-corrected chi connectivity index (χ0v) is 21.1. The van der Waals surface area contributed by atoms with Crippen molar-refractivity contribution in [1.29, 1.82) is 0 Å². The van der Waals surface area contributed by atoms with Crippen molar-refractivity contribution in [3.05, 3.63) is 65.3 Å². The second kappa shape index (κ2) is 9.19. The minimum absolute atomic E-state index is 0.0571. The maximum absolute atomic E-state index is 13.7. The minimum atomic E-state index is -4.06. The van der Waals surface area contributed by atoms with Crippen LogP contribution in [0, 0.1) is 0 Å². The van der Waals surface area contributed by atoms with Gasteiger partial charge in [0.05, 0.1) is 12.1 Å². The van der Waals surface area contributed by atoms with Gasteiger partial charge >= 0.3 is 0 Å². The van der Waals surface area contributed by atoms with Gasteiger partial charge < -0.3 is 14.5 Å². The number of ether oxygens (including phenoxy) is 1. The van der Waals surface area contributed by atoms with Crippen LogP contribution in [0.3, 0.4) is 0 Å². The zero-order chi connectivity index (χ0) is 24.7. The van der Waals surface area contributed by atoms with E-state index < -0.39 is 16.3 Å². The molecule has 2 aromatic carbocycles. The quantitative estimate of drug-likeness (QED) is 0.559. The molecule has 9 nitrogen and oxygen atoms in total. The first-order chi connectivity index (χ1) is 16.8. The molecule has 1 atom stereocenters. The first-order valence-electron chi connectivity index (χ1n) is 11.2. The smallest absolute Gasteiger partial charge is 0.270 e. The SMILES string of the molecule is COc1ccc(Cl)c(S(=O)(=O)n2ccc3c2N(c2ccc(N4CCN(C)CC4)cc2)C(N)N=C3)c1. The fraction of sp³-hybridized carbons (Fsp3) is 0.292. The van der Waals surface area contributed by atoms with Crippen LogP contribution in [0.15, 0.2) is 64.6 Å². The lowest BCUT2D eigenvalue weighted by atomic mass is 10.2. The molecule has 2 aliphatic rings. The third-order valence-electron chi connectivity index (χ3n) is 6.39. The van der Waals surface area contributed by atoms with Gasteiger partial charge in [-0.3, -0.25) is 15.6 Å². The normalized spacial score (nSPS) is 18.6. The molecule has 35 heavy (non-hydrogen) atoms. The highest BCUT2D eigenvalue weighted by Gasteiger charge is 2.32. The average molecular weight is 515 g/mol. The zero-order valence-electron chi connectivity index (χ0n) is 19.5. The Morgan fingerprint density at radius 2 is 1.71 bits per heavy atom. The average Bonchev–Trinajstić information content (AvgIpc) is 3.30. The van der Waals surface area contributed by atoms with Gasteiger partial charge in [-0.2, -0.15) is 0 Å². The maximum atomic E-state index is 13.7. The van der Waals surface area contributed by atoms with Crippen molar-refractivity contribution in [2.45, 2.75) is 11.2 Å². The number of hydrogen-bond donors (Lipinski definition) is 1. The Morgan fingerprint density at radius 1 is 1.03 bits per heavy atom. The molecular weight excluding hydrogens is 488 g/mol. The van der Waals surface area contributed by atoms with Crippen LogP contribution in [0.2, 0.25) is 5.02 Å². The van der Waals surface area contributed by atoms with E-state index in [-0.39, 0.29) is 9.92 Å². The lowest BCUT2D eigenvalue weighted by Crippen LogP contribution is -2.44.